The molecule has 1 aromatic rings. The van der Waals surface area contributed by atoms with E-state index in [9.17, 15) is 5.11 Å². The highest BCUT2D eigenvalue weighted by Gasteiger charge is 2.28. The summed E-state index contributed by atoms with van der Waals surface area (Å²) in [5.74, 6) is 1.39. The lowest BCUT2D eigenvalue weighted by Gasteiger charge is -2.34. The summed E-state index contributed by atoms with van der Waals surface area (Å²) in [5, 5.41) is 12.8. The zero-order valence-corrected chi connectivity index (χ0v) is 10.5. The highest BCUT2D eigenvalue weighted by molar-refractivity contribution is 5.38. The number of aliphatic hydroxyl groups is 1. The van der Waals surface area contributed by atoms with Gasteiger partial charge in [0.25, 0.3) is 0 Å². The van der Waals surface area contributed by atoms with Crippen LogP contribution >= 0.6 is 0 Å². The van der Waals surface area contributed by atoms with Crippen molar-refractivity contribution < 1.29 is 9.84 Å². The van der Waals surface area contributed by atoms with Crippen LogP contribution < -0.4 is 10.1 Å². The highest BCUT2D eigenvalue weighted by Crippen LogP contribution is 2.35. The Bertz CT molecular complexity index is 363. The van der Waals surface area contributed by atoms with Crippen LogP contribution in [0, 0.1) is 5.92 Å². The van der Waals surface area contributed by atoms with Crippen molar-refractivity contribution in [2.75, 3.05) is 13.2 Å². The van der Waals surface area contributed by atoms with Gasteiger partial charge in [0, 0.05) is 23.6 Å². The zero-order chi connectivity index (χ0) is 12.3. The molecule has 0 aliphatic carbocycles. The first kappa shape index (κ1) is 12.4. The Labute approximate surface area is 103 Å². The number of hydrogen-bond acceptors (Lipinski definition) is 3. The molecule has 1 heterocycles. The van der Waals surface area contributed by atoms with Crippen molar-refractivity contribution in [3.8, 4) is 5.75 Å². The Hall–Kier alpha value is -1.06. The normalized spacial score (nSPS) is 24.9. The number of benzene rings is 1. The minimum atomic E-state index is 0.161. The molecule has 0 radical (unpaired) electrons. The number of hydrogen-bond donors (Lipinski definition) is 2. The van der Waals surface area contributed by atoms with Crippen LogP contribution in [0.5, 0.6) is 5.75 Å². The molecule has 0 amide bonds. The van der Waals surface area contributed by atoms with E-state index in [1.165, 1.54) is 5.56 Å². The van der Waals surface area contributed by atoms with Crippen molar-refractivity contribution in [1.82, 2.24) is 5.32 Å². The van der Waals surface area contributed by atoms with Crippen molar-refractivity contribution in [3.63, 3.8) is 0 Å². The predicted octanol–water partition coefficient (Wildman–Crippen LogP) is 2.12. The molecule has 0 bridgehead atoms. The zero-order valence-electron chi connectivity index (χ0n) is 10.5. The van der Waals surface area contributed by atoms with Crippen molar-refractivity contribution in [1.29, 1.82) is 0 Å². The molecule has 0 fully saturated rings. The Morgan fingerprint density at radius 3 is 2.94 bits per heavy atom. The number of aliphatic hydroxyl groups excluding tert-OH is 1. The molecular weight excluding hydrogens is 214 g/mol. The third-order valence-corrected chi connectivity index (χ3v) is 3.45. The maximum atomic E-state index is 9.30. The lowest BCUT2D eigenvalue weighted by molar-refractivity contribution is 0.159. The van der Waals surface area contributed by atoms with Gasteiger partial charge in [-0.3, -0.25) is 0 Å². The lowest BCUT2D eigenvalue weighted by Crippen LogP contribution is -2.41. The quantitative estimate of drug-likeness (QED) is 0.840. The van der Waals surface area contributed by atoms with Crippen molar-refractivity contribution in [2.45, 2.75) is 32.4 Å². The molecule has 0 aromatic heterocycles. The first-order valence-electron chi connectivity index (χ1n) is 6.34. The average Bonchev–Trinajstić information content (AvgIpc) is 2.38. The fourth-order valence-electron chi connectivity index (χ4n) is 2.30. The van der Waals surface area contributed by atoms with Crippen LogP contribution in [0.4, 0.5) is 0 Å². The Kier molecular flexibility index (Phi) is 4.02. The monoisotopic (exact) mass is 235 g/mol. The summed E-state index contributed by atoms with van der Waals surface area (Å²) < 4.78 is 5.71. The molecule has 3 nitrogen and oxygen atoms in total. The topological polar surface area (TPSA) is 41.5 Å². The molecule has 94 valence electrons. The van der Waals surface area contributed by atoms with E-state index >= 15 is 0 Å². The van der Waals surface area contributed by atoms with Crippen LogP contribution in [0.2, 0.25) is 0 Å². The first-order chi connectivity index (χ1) is 8.26. The van der Waals surface area contributed by atoms with Gasteiger partial charge in [-0.1, -0.05) is 32.0 Å². The number of nitrogens with one attached hydrogen (secondary N) is 1. The molecule has 3 atom stereocenters. The molecule has 1 aliphatic heterocycles. The number of para-hydroxylation sites is 1. The van der Waals surface area contributed by atoms with E-state index in [2.05, 4.69) is 25.2 Å². The Morgan fingerprint density at radius 1 is 1.47 bits per heavy atom. The van der Waals surface area contributed by atoms with Gasteiger partial charge in [-0.25, -0.2) is 0 Å². The summed E-state index contributed by atoms with van der Waals surface area (Å²) in [6.07, 6.45) is 0.933. The van der Waals surface area contributed by atoms with E-state index in [0.29, 0.717) is 5.92 Å². The average molecular weight is 235 g/mol. The second kappa shape index (κ2) is 5.52. The molecule has 3 heteroatoms. The van der Waals surface area contributed by atoms with E-state index in [-0.39, 0.29) is 18.7 Å². The molecule has 0 saturated heterocycles. The molecule has 0 spiro atoms. The largest absolute Gasteiger partial charge is 0.493 e. The van der Waals surface area contributed by atoms with Crippen LogP contribution in [-0.4, -0.2) is 24.4 Å². The van der Waals surface area contributed by atoms with Gasteiger partial charge in [0.05, 0.1) is 13.2 Å². The van der Waals surface area contributed by atoms with Crippen molar-refractivity contribution in [3.05, 3.63) is 29.8 Å². The predicted molar refractivity (Wildman–Crippen MR) is 68.1 cm³/mol. The maximum absolute atomic E-state index is 9.30. The van der Waals surface area contributed by atoms with Crippen LogP contribution in [0.15, 0.2) is 24.3 Å². The second-order valence-electron chi connectivity index (χ2n) is 4.76. The van der Waals surface area contributed by atoms with Crippen molar-refractivity contribution in [2.24, 2.45) is 5.92 Å². The van der Waals surface area contributed by atoms with E-state index in [0.717, 1.165) is 18.8 Å². The molecule has 0 saturated carbocycles. The van der Waals surface area contributed by atoms with Gasteiger partial charge in [-0.15, -0.1) is 0 Å². The minimum absolute atomic E-state index is 0.161. The highest BCUT2D eigenvalue weighted by atomic mass is 16.5. The number of rotatable bonds is 4. The molecule has 2 N–H and O–H groups in total. The molecular formula is C14H21NO2. The first-order valence-corrected chi connectivity index (χ1v) is 6.34. The number of ether oxygens (including phenoxy) is 1. The number of fused-ring (bicyclic) bond motifs is 1. The summed E-state index contributed by atoms with van der Waals surface area (Å²) >= 11 is 0. The molecule has 1 aliphatic rings. The van der Waals surface area contributed by atoms with Gasteiger partial charge in [0.1, 0.15) is 5.75 Å². The van der Waals surface area contributed by atoms with E-state index in [1.54, 1.807) is 0 Å². The lowest BCUT2D eigenvalue weighted by atomic mass is 9.91. The van der Waals surface area contributed by atoms with E-state index in [4.69, 9.17) is 4.74 Å². The molecule has 2 rings (SSSR count). The smallest absolute Gasteiger partial charge is 0.124 e. The van der Waals surface area contributed by atoms with Crippen LogP contribution in [-0.2, 0) is 0 Å². The Balaban J connectivity index is 2.20. The standard InChI is InChI=1S/C14H21NO2/c1-3-11(8-16)15-14-10(2)9-17-13-7-5-4-6-12(13)14/h4-7,10-11,14-16H,3,8-9H2,1-2H3. The molecule has 1 aromatic carbocycles. The SMILES string of the molecule is CCC(CO)NC1c2ccccc2OCC1C. The fourth-order valence-corrected chi connectivity index (χ4v) is 2.30. The summed E-state index contributed by atoms with van der Waals surface area (Å²) in [4.78, 5) is 0. The summed E-state index contributed by atoms with van der Waals surface area (Å²) in [5.41, 5.74) is 1.21. The summed E-state index contributed by atoms with van der Waals surface area (Å²) in [6.45, 7) is 5.18. The summed E-state index contributed by atoms with van der Waals surface area (Å²) in [7, 11) is 0. The maximum Gasteiger partial charge on any atom is 0.124 e. The van der Waals surface area contributed by atoms with Crippen LogP contribution in [0.25, 0.3) is 0 Å². The van der Waals surface area contributed by atoms with Gasteiger partial charge in [-0.2, -0.15) is 0 Å². The van der Waals surface area contributed by atoms with Gasteiger partial charge >= 0.3 is 0 Å². The van der Waals surface area contributed by atoms with Crippen LogP contribution in [0.3, 0.4) is 0 Å². The second-order valence-corrected chi connectivity index (χ2v) is 4.76. The van der Waals surface area contributed by atoms with E-state index < -0.39 is 0 Å². The van der Waals surface area contributed by atoms with Gasteiger partial charge in [0.15, 0.2) is 0 Å². The molecule has 3 unspecified atom stereocenters. The molecule has 17 heavy (non-hydrogen) atoms. The summed E-state index contributed by atoms with van der Waals surface area (Å²) in [6, 6.07) is 8.58. The minimum Gasteiger partial charge on any atom is -0.493 e. The van der Waals surface area contributed by atoms with E-state index in [1.807, 2.05) is 18.2 Å². The van der Waals surface area contributed by atoms with Gasteiger partial charge in [-0.05, 0) is 12.5 Å². The third kappa shape index (κ3) is 2.61. The Morgan fingerprint density at radius 2 is 2.24 bits per heavy atom. The van der Waals surface area contributed by atoms with Gasteiger partial charge in [0.2, 0.25) is 0 Å². The fraction of sp³-hybridized carbons (Fsp3) is 0.571. The van der Waals surface area contributed by atoms with Crippen molar-refractivity contribution >= 4 is 0 Å². The van der Waals surface area contributed by atoms with Crippen LogP contribution in [0.1, 0.15) is 31.9 Å². The van der Waals surface area contributed by atoms with Gasteiger partial charge < -0.3 is 15.2 Å². The third-order valence-electron chi connectivity index (χ3n) is 3.45.